The number of halogens is 1. The van der Waals surface area contributed by atoms with E-state index in [0.717, 1.165) is 5.56 Å². The molecule has 1 aromatic heterocycles. The minimum absolute atomic E-state index is 0.258. The van der Waals surface area contributed by atoms with Crippen molar-refractivity contribution >= 4 is 6.03 Å². The molecule has 1 aromatic carbocycles. The van der Waals surface area contributed by atoms with Crippen LogP contribution in [0.4, 0.5) is 9.18 Å². The Bertz CT molecular complexity index is 619. The van der Waals surface area contributed by atoms with Gasteiger partial charge in [0.2, 0.25) is 5.88 Å². The van der Waals surface area contributed by atoms with Crippen molar-refractivity contribution in [1.82, 2.24) is 15.6 Å². The molecule has 2 rings (SSSR count). The van der Waals surface area contributed by atoms with Crippen LogP contribution in [0.15, 0.2) is 42.6 Å². The zero-order chi connectivity index (χ0) is 15.1. The van der Waals surface area contributed by atoms with Gasteiger partial charge >= 0.3 is 6.03 Å². The van der Waals surface area contributed by atoms with Crippen LogP contribution in [0.5, 0.6) is 5.88 Å². The molecule has 6 heteroatoms. The molecule has 5 nitrogen and oxygen atoms in total. The molecule has 1 heterocycles. The number of rotatable bonds is 5. The number of ether oxygens (including phenoxy) is 1. The van der Waals surface area contributed by atoms with Crippen molar-refractivity contribution in [3.05, 3.63) is 59.5 Å². The highest BCUT2D eigenvalue weighted by molar-refractivity contribution is 5.73. The van der Waals surface area contributed by atoms with E-state index in [2.05, 4.69) is 15.6 Å². The van der Waals surface area contributed by atoms with Crippen LogP contribution in [0.2, 0.25) is 0 Å². The van der Waals surface area contributed by atoms with E-state index in [4.69, 9.17) is 4.74 Å². The van der Waals surface area contributed by atoms with Crippen LogP contribution >= 0.6 is 0 Å². The van der Waals surface area contributed by atoms with Gasteiger partial charge in [0.1, 0.15) is 5.82 Å². The average Bonchev–Trinajstić information content (AvgIpc) is 2.51. The largest absolute Gasteiger partial charge is 0.481 e. The summed E-state index contributed by atoms with van der Waals surface area (Å²) in [7, 11) is 1.52. The lowest BCUT2D eigenvalue weighted by Crippen LogP contribution is -2.34. The minimum atomic E-state index is -0.342. The number of methoxy groups -OCH3 is 1. The van der Waals surface area contributed by atoms with Gasteiger partial charge in [0.05, 0.1) is 7.11 Å². The SMILES string of the molecule is COc1ncccc1CNC(=O)NCc1cccc(F)c1. The first-order chi connectivity index (χ1) is 10.2. The number of aromatic nitrogens is 1. The van der Waals surface area contributed by atoms with Crippen LogP contribution < -0.4 is 15.4 Å². The second kappa shape index (κ2) is 7.23. The van der Waals surface area contributed by atoms with Crippen molar-refractivity contribution in [2.24, 2.45) is 0 Å². The van der Waals surface area contributed by atoms with Gasteiger partial charge in [0, 0.05) is 24.8 Å². The van der Waals surface area contributed by atoms with Gasteiger partial charge in [-0.25, -0.2) is 14.2 Å². The molecule has 0 fully saturated rings. The van der Waals surface area contributed by atoms with Gasteiger partial charge in [-0.2, -0.15) is 0 Å². The molecule has 2 aromatic rings. The van der Waals surface area contributed by atoms with E-state index in [-0.39, 0.29) is 18.4 Å². The standard InChI is InChI=1S/C15H16FN3O2/c1-21-14-12(5-3-7-17-14)10-19-15(20)18-9-11-4-2-6-13(16)8-11/h2-8H,9-10H2,1H3,(H2,18,19,20). The smallest absolute Gasteiger partial charge is 0.315 e. The molecule has 110 valence electrons. The molecule has 0 saturated carbocycles. The quantitative estimate of drug-likeness (QED) is 0.887. The topological polar surface area (TPSA) is 63.2 Å². The summed E-state index contributed by atoms with van der Waals surface area (Å²) in [5.41, 5.74) is 1.48. The van der Waals surface area contributed by atoms with Crippen LogP contribution in [0.1, 0.15) is 11.1 Å². The van der Waals surface area contributed by atoms with Crippen molar-refractivity contribution in [2.75, 3.05) is 7.11 Å². The fourth-order valence-corrected chi connectivity index (χ4v) is 1.81. The van der Waals surface area contributed by atoms with Gasteiger partial charge in [-0.15, -0.1) is 0 Å². The molecule has 0 bridgehead atoms. The van der Waals surface area contributed by atoms with Gasteiger partial charge in [0.25, 0.3) is 0 Å². The van der Waals surface area contributed by atoms with Gasteiger partial charge in [0.15, 0.2) is 0 Å². The number of hydrogen-bond donors (Lipinski definition) is 2. The lowest BCUT2D eigenvalue weighted by Gasteiger charge is -2.09. The molecule has 0 aliphatic rings. The second-order valence-electron chi connectivity index (χ2n) is 4.34. The summed E-state index contributed by atoms with van der Waals surface area (Å²) >= 11 is 0. The average molecular weight is 289 g/mol. The van der Waals surface area contributed by atoms with Crippen molar-refractivity contribution < 1.29 is 13.9 Å². The van der Waals surface area contributed by atoms with E-state index in [0.29, 0.717) is 18.0 Å². The van der Waals surface area contributed by atoms with E-state index in [9.17, 15) is 9.18 Å². The highest BCUT2D eigenvalue weighted by Crippen LogP contribution is 2.12. The number of pyridine rings is 1. The molecule has 0 saturated heterocycles. The van der Waals surface area contributed by atoms with E-state index in [1.165, 1.54) is 19.2 Å². The van der Waals surface area contributed by atoms with Crippen LogP contribution in [-0.2, 0) is 13.1 Å². The number of urea groups is 1. The van der Waals surface area contributed by atoms with Gasteiger partial charge in [-0.05, 0) is 23.8 Å². The Kier molecular flexibility index (Phi) is 5.09. The van der Waals surface area contributed by atoms with E-state index in [1.807, 2.05) is 6.07 Å². The zero-order valence-electron chi connectivity index (χ0n) is 11.6. The predicted molar refractivity (Wildman–Crippen MR) is 76.3 cm³/mol. The summed E-state index contributed by atoms with van der Waals surface area (Å²) in [4.78, 5) is 15.7. The zero-order valence-corrected chi connectivity index (χ0v) is 11.6. The molecule has 0 radical (unpaired) electrons. The fraction of sp³-hybridized carbons (Fsp3) is 0.200. The first-order valence-corrected chi connectivity index (χ1v) is 6.43. The summed E-state index contributed by atoms with van der Waals surface area (Å²) < 4.78 is 18.1. The summed E-state index contributed by atoms with van der Waals surface area (Å²) in [5.74, 6) is 0.151. The van der Waals surface area contributed by atoms with E-state index < -0.39 is 0 Å². The lowest BCUT2D eigenvalue weighted by atomic mass is 10.2. The van der Waals surface area contributed by atoms with Crippen molar-refractivity contribution in [3.63, 3.8) is 0 Å². The van der Waals surface area contributed by atoms with Crippen molar-refractivity contribution in [3.8, 4) is 5.88 Å². The Labute approximate surface area is 122 Å². The van der Waals surface area contributed by atoms with Crippen molar-refractivity contribution in [1.29, 1.82) is 0 Å². The third-order valence-electron chi connectivity index (χ3n) is 2.82. The second-order valence-corrected chi connectivity index (χ2v) is 4.34. The third kappa shape index (κ3) is 4.45. The van der Waals surface area contributed by atoms with Crippen LogP contribution in [0, 0.1) is 5.82 Å². The predicted octanol–water partition coefficient (Wildman–Crippen LogP) is 2.23. The van der Waals surface area contributed by atoms with Crippen LogP contribution in [0.25, 0.3) is 0 Å². The molecule has 2 N–H and O–H groups in total. The van der Waals surface area contributed by atoms with Gasteiger partial charge < -0.3 is 15.4 Å². The molecule has 21 heavy (non-hydrogen) atoms. The first-order valence-electron chi connectivity index (χ1n) is 6.43. The molecule has 0 atom stereocenters. The number of amides is 2. The fourth-order valence-electron chi connectivity index (χ4n) is 1.81. The molecular weight excluding hydrogens is 273 g/mol. The lowest BCUT2D eigenvalue weighted by molar-refractivity contribution is 0.240. The molecule has 2 amide bonds. The Morgan fingerprint density at radius 3 is 2.81 bits per heavy atom. The Morgan fingerprint density at radius 2 is 2.05 bits per heavy atom. The maximum atomic E-state index is 13.0. The normalized spacial score (nSPS) is 10.0. The highest BCUT2D eigenvalue weighted by atomic mass is 19.1. The monoisotopic (exact) mass is 289 g/mol. The van der Waals surface area contributed by atoms with Crippen LogP contribution in [-0.4, -0.2) is 18.1 Å². The third-order valence-corrected chi connectivity index (χ3v) is 2.82. The van der Waals surface area contributed by atoms with Gasteiger partial charge in [-0.3, -0.25) is 0 Å². The van der Waals surface area contributed by atoms with E-state index >= 15 is 0 Å². The molecule has 0 aliphatic heterocycles. The summed E-state index contributed by atoms with van der Waals surface area (Å²) in [6.45, 7) is 0.555. The Hall–Kier alpha value is -2.63. The molecule has 0 spiro atoms. The molecule has 0 aliphatic carbocycles. The Morgan fingerprint density at radius 1 is 1.24 bits per heavy atom. The van der Waals surface area contributed by atoms with Gasteiger partial charge in [-0.1, -0.05) is 18.2 Å². The summed E-state index contributed by atoms with van der Waals surface area (Å²) in [6.07, 6.45) is 1.62. The number of benzene rings is 1. The Balaban J connectivity index is 1.82. The maximum absolute atomic E-state index is 13.0. The molecule has 0 unspecified atom stereocenters. The first kappa shape index (κ1) is 14.8. The number of hydrogen-bond acceptors (Lipinski definition) is 3. The summed E-state index contributed by atoms with van der Waals surface area (Å²) in [5, 5.41) is 5.35. The molecular formula is C15H16FN3O2. The number of nitrogens with one attached hydrogen (secondary N) is 2. The number of carbonyl (C=O) groups is 1. The number of carbonyl (C=O) groups excluding carboxylic acids is 1. The van der Waals surface area contributed by atoms with Crippen LogP contribution in [0.3, 0.4) is 0 Å². The minimum Gasteiger partial charge on any atom is -0.481 e. The summed E-state index contributed by atoms with van der Waals surface area (Å²) in [6, 6.07) is 9.33. The number of nitrogens with zero attached hydrogens (tertiary/aromatic N) is 1. The van der Waals surface area contributed by atoms with Crippen molar-refractivity contribution in [2.45, 2.75) is 13.1 Å². The van der Waals surface area contributed by atoms with E-state index in [1.54, 1.807) is 24.4 Å². The maximum Gasteiger partial charge on any atom is 0.315 e. The highest BCUT2D eigenvalue weighted by Gasteiger charge is 2.05.